The quantitative estimate of drug-likeness (QED) is 0.0253. The van der Waals surface area contributed by atoms with Crippen LogP contribution >= 0.6 is 0 Å². The van der Waals surface area contributed by atoms with Crippen molar-refractivity contribution in [3.8, 4) is 0 Å². The number of aliphatic carboxylic acids is 3. The predicted octanol–water partition coefficient (Wildman–Crippen LogP) is 11.7. The van der Waals surface area contributed by atoms with Crippen molar-refractivity contribution in [2.75, 3.05) is 6.61 Å². The van der Waals surface area contributed by atoms with Crippen LogP contribution in [0, 0.1) is 0 Å². The van der Waals surface area contributed by atoms with Crippen LogP contribution in [-0.2, 0) is 23.9 Å². The molecule has 0 heterocycles. The van der Waals surface area contributed by atoms with Gasteiger partial charge in [-0.2, -0.15) is 0 Å². The van der Waals surface area contributed by atoms with Crippen molar-refractivity contribution >= 4 is 46.9 Å². The van der Waals surface area contributed by atoms with Crippen LogP contribution in [0.25, 0.3) is 0 Å². The number of esters is 1. The third-order valence-corrected chi connectivity index (χ3v) is 12.6. The van der Waals surface area contributed by atoms with E-state index in [1.807, 2.05) is 0 Å². The van der Waals surface area contributed by atoms with E-state index in [4.69, 9.17) is 4.74 Å². The summed E-state index contributed by atoms with van der Waals surface area (Å²) in [5.41, 5.74) is 0. The monoisotopic (exact) mass is 981 g/mol. The average Bonchev–Trinajstić information content (AvgIpc) is 3.29. The van der Waals surface area contributed by atoms with E-state index in [9.17, 15) is 34.5 Å². The first-order chi connectivity index (χ1) is 32.2. The summed E-state index contributed by atoms with van der Waals surface area (Å²) in [6.45, 7) is 7.15. The van der Waals surface area contributed by atoms with Crippen LogP contribution in [0.5, 0.6) is 0 Å². The summed E-state index contributed by atoms with van der Waals surface area (Å²) in [6, 6.07) is 0. The minimum Gasteiger partial charge on any atom is -0.550 e. The van der Waals surface area contributed by atoms with Crippen LogP contribution < -0.4 is 44.9 Å². The van der Waals surface area contributed by atoms with Gasteiger partial charge >= 0.3 is 58.6 Å². The van der Waals surface area contributed by atoms with Gasteiger partial charge in [-0.15, -0.1) is 0 Å². The Morgan fingerprint density at radius 1 is 0.309 bits per heavy atom. The number of hydrogen-bond acceptors (Lipinski definition) is 8. The zero-order chi connectivity index (χ0) is 49.1. The van der Waals surface area contributed by atoms with Gasteiger partial charge in [-0.25, -0.2) is 4.79 Å². The van der Waals surface area contributed by atoms with Crippen LogP contribution in [-0.4, -0.2) is 53.5 Å². The standard InChI is InChI=1S/C22H40O4.2C18H36O2.Mg.Na/c1-2-3-4-5-6-7-8-9-10-11-12-13-14-15-16-17-20-26-22(25)19-18-21(23)24;2*1-2-3-4-5-6-7-8-9-10-11-12-13-14-15-16-17-18(19)20;;/h18-19H,2-17,20H2,1H3,(H,23,24);2*2-17H2,1H3,(H,19,20);;/q;;;+2;+1/p-3/b19-18+;;;;. The third-order valence-electron chi connectivity index (χ3n) is 12.6. The van der Waals surface area contributed by atoms with E-state index in [2.05, 4.69) is 20.8 Å². The van der Waals surface area contributed by atoms with E-state index in [-0.39, 0.29) is 65.5 Å². The van der Waals surface area contributed by atoms with Gasteiger partial charge in [0.25, 0.3) is 0 Å². The summed E-state index contributed by atoms with van der Waals surface area (Å²) in [5.74, 6) is -3.81. The Labute approximate surface area is 460 Å². The number of carboxylic acids is 3. The molecule has 0 amide bonds. The van der Waals surface area contributed by atoms with E-state index in [0.29, 0.717) is 12.7 Å². The van der Waals surface area contributed by atoms with Crippen LogP contribution in [0.4, 0.5) is 0 Å². The summed E-state index contributed by atoms with van der Waals surface area (Å²) < 4.78 is 4.89. The molecule has 0 spiro atoms. The first-order valence-corrected chi connectivity index (χ1v) is 28.7. The van der Waals surface area contributed by atoms with Gasteiger partial charge in [0.15, 0.2) is 0 Å². The molecule has 0 N–H and O–H groups in total. The van der Waals surface area contributed by atoms with Crippen molar-refractivity contribution in [2.24, 2.45) is 0 Å². The molecule has 0 unspecified atom stereocenters. The minimum absolute atomic E-state index is 0. The van der Waals surface area contributed by atoms with Crippen LogP contribution in [0.15, 0.2) is 12.2 Å². The molecule has 0 fully saturated rings. The van der Waals surface area contributed by atoms with E-state index in [0.717, 1.165) is 44.6 Å². The van der Waals surface area contributed by atoms with Gasteiger partial charge in [-0.1, -0.05) is 297 Å². The van der Waals surface area contributed by atoms with Crippen LogP contribution in [0.1, 0.15) is 329 Å². The summed E-state index contributed by atoms with van der Waals surface area (Å²) in [7, 11) is 0. The Morgan fingerprint density at radius 3 is 0.691 bits per heavy atom. The molecule has 68 heavy (non-hydrogen) atoms. The summed E-state index contributed by atoms with van der Waals surface area (Å²) in [6.07, 6.45) is 62.2. The van der Waals surface area contributed by atoms with Crippen molar-refractivity contribution in [3.63, 3.8) is 0 Å². The van der Waals surface area contributed by atoms with Crippen molar-refractivity contribution in [2.45, 2.75) is 329 Å². The number of carbonyl (C=O) groups is 4. The molecule has 8 nitrogen and oxygen atoms in total. The van der Waals surface area contributed by atoms with E-state index in [1.54, 1.807) is 0 Å². The summed E-state index contributed by atoms with van der Waals surface area (Å²) >= 11 is 0. The van der Waals surface area contributed by atoms with Crippen molar-refractivity contribution in [1.82, 2.24) is 0 Å². The topological polar surface area (TPSA) is 147 Å². The molecule has 0 atom stereocenters. The SMILES string of the molecule is CCCCCCCCCCCCCCCCCC(=O)[O-].CCCCCCCCCCCCCCCCCC(=O)[O-].CCCCCCCCCCCCCCCCCCOC(=O)/C=C/C(=O)[O-].[Mg+2].[Na+]. The second kappa shape index (κ2) is 70.6. The Bertz CT molecular complexity index is 982. The van der Waals surface area contributed by atoms with Gasteiger partial charge < -0.3 is 34.4 Å². The van der Waals surface area contributed by atoms with Crippen LogP contribution in [0.2, 0.25) is 0 Å². The molecule has 0 aromatic heterocycles. The molecule has 392 valence electrons. The van der Waals surface area contributed by atoms with Crippen molar-refractivity contribution < 1.29 is 68.8 Å². The molecule has 0 aliphatic carbocycles. The minimum atomic E-state index is -1.38. The van der Waals surface area contributed by atoms with E-state index >= 15 is 0 Å². The number of rotatable bonds is 51. The second-order valence-electron chi connectivity index (χ2n) is 19.3. The second-order valence-corrected chi connectivity index (χ2v) is 19.3. The first-order valence-electron chi connectivity index (χ1n) is 28.7. The maximum absolute atomic E-state index is 11.1. The van der Waals surface area contributed by atoms with Gasteiger partial charge in [0.2, 0.25) is 0 Å². The maximum Gasteiger partial charge on any atom is 2.00 e. The number of unbranched alkanes of at least 4 members (excludes halogenated alkanes) is 43. The molecule has 0 rings (SSSR count). The number of carboxylic acid groups (broad SMARTS) is 3. The molecule has 0 aromatic carbocycles. The van der Waals surface area contributed by atoms with Crippen molar-refractivity contribution in [1.29, 1.82) is 0 Å². The fourth-order valence-electron chi connectivity index (χ4n) is 8.29. The number of hydrogen-bond donors (Lipinski definition) is 0. The summed E-state index contributed by atoms with van der Waals surface area (Å²) in [5, 5.41) is 30.6. The molecular weight excluding hydrogens is 872 g/mol. The van der Waals surface area contributed by atoms with Gasteiger partial charge in [0, 0.05) is 18.0 Å². The maximum atomic E-state index is 11.1. The Kier molecular flexibility index (Phi) is 79.3. The molecule has 0 radical (unpaired) electrons. The zero-order valence-electron chi connectivity index (χ0n) is 45.8. The van der Waals surface area contributed by atoms with Crippen LogP contribution in [0.3, 0.4) is 0 Å². The van der Waals surface area contributed by atoms with E-state index < -0.39 is 23.9 Å². The smallest absolute Gasteiger partial charge is 0.550 e. The van der Waals surface area contributed by atoms with Gasteiger partial charge in [-0.3, -0.25) is 0 Å². The fraction of sp³-hybridized carbons (Fsp3) is 0.897. The fourth-order valence-corrected chi connectivity index (χ4v) is 8.29. The Balaban J connectivity index is -0.000000291. The molecule has 0 bridgehead atoms. The Morgan fingerprint density at radius 2 is 0.500 bits per heavy atom. The predicted molar refractivity (Wildman–Crippen MR) is 280 cm³/mol. The molecule has 0 aliphatic heterocycles. The number of carbonyl (C=O) groups excluding carboxylic acids is 4. The molecule has 0 aliphatic rings. The molecule has 0 aromatic rings. The Hall–Kier alpha value is -0.614. The normalized spacial score (nSPS) is 10.6. The van der Waals surface area contributed by atoms with Gasteiger partial charge in [0.1, 0.15) is 0 Å². The zero-order valence-corrected chi connectivity index (χ0v) is 49.2. The molecule has 0 saturated carbocycles. The van der Waals surface area contributed by atoms with Gasteiger partial charge in [-0.05, 0) is 38.2 Å². The van der Waals surface area contributed by atoms with Gasteiger partial charge in [0.05, 0.1) is 12.6 Å². The molecule has 0 saturated heterocycles. The first kappa shape index (κ1) is 76.3. The van der Waals surface area contributed by atoms with E-state index in [1.165, 1.54) is 257 Å². The third kappa shape index (κ3) is 82.3. The number of ether oxygens (including phenoxy) is 1. The average molecular weight is 982 g/mol. The summed E-state index contributed by atoms with van der Waals surface area (Å²) in [4.78, 5) is 41.7. The van der Waals surface area contributed by atoms with Crippen molar-refractivity contribution in [3.05, 3.63) is 12.2 Å². The largest absolute Gasteiger partial charge is 2.00 e. The molecule has 10 heteroatoms. The molecular formula is C58H109MgNaO8.